The number of benzene rings is 1. The number of para-hydroxylation sites is 1. The van der Waals surface area contributed by atoms with Crippen LogP contribution in [0.4, 0.5) is 0 Å². The van der Waals surface area contributed by atoms with Crippen molar-refractivity contribution in [2.75, 3.05) is 20.1 Å². The second-order valence-corrected chi connectivity index (χ2v) is 6.22. The van der Waals surface area contributed by atoms with Crippen molar-refractivity contribution in [3.63, 3.8) is 0 Å². The lowest BCUT2D eigenvalue weighted by molar-refractivity contribution is 0.249. The summed E-state index contributed by atoms with van der Waals surface area (Å²) in [6, 6.07) is 8.46. The van der Waals surface area contributed by atoms with Gasteiger partial charge in [-0.05, 0) is 43.6 Å². The fourth-order valence-corrected chi connectivity index (χ4v) is 2.23. The van der Waals surface area contributed by atoms with E-state index < -0.39 is 0 Å². The van der Waals surface area contributed by atoms with Crippen molar-refractivity contribution in [1.29, 1.82) is 0 Å². The van der Waals surface area contributed by atoms with Gasteiger partial charge < -0.3 is 15.6 Å². The molecule has 0 bridgehead atoms. The molecule has 0 aliphatic heterocycles. The standard InChI is InChI=1S/C16H25N3/c1-16(2,12-17)8-9-19(3)11-13-10-18-15-7-5-4-6-14(13)15/h4-7,10,18H,8-9,11-12,17H2,1-3H3. The molecule has 0 amide bonds. The van der Waals surface area contributed by atoms with Gasteiger partial charge in [0.1, 0.15) is 0 Å². The third-order valence-corrected chi connectivity index (χ3v) is 3.84. The number of fused-ring (bicyclic) bond motifs is 1. The maximum Gasteiger partial charge on any atom is 0.0457 e. The van der Waals surface area contributed by atoms with Crippen molar-refractivity contribution < 1.29 is 0 Å². The van der Waals surface area contributed by atoms with Gasteiger partial charge in [0.25, 0.3) is 0 Å². The van der Waals surface area contributed by atoms with Crippen LogP contribution in [0.2, 0.25) is 0 Å². The molecule has 19 heavy (non-hydrogen) atoms. The third kappa shape index (κ3) is 3.58. The average Bonchev–Trinajstić information content (AvgIpc) is 2.80. The van der Waals surface area contributed by atoms with Crippen LogP contribution in [0.25, 0.3) is 10.9 Å². The van der Waals surface area contributed by atoms with Gasteiger partial charge in [0.15, 0.2) is 0 Å². The van der Waals surface area contributed by atoms with Crippen molar-refractivity contribution in [2.45, 2.75) is 26.8 Å². The number of H-pyrrole nitrogens is 1. The van der Waals surface area contributed by atoms with E-state index in [2.05, 4.69) is 61.2 Å². The Morgan fingerprint density at radius 1 is 1.26 bits per heavy atom. The van der Waals surface area contributed by atoms with Crippen LogP contribution < -0.4 is 5.73 Å². The number of nitrogens with zero attached hydrogens (tertiary/aromatic N) is 1. The summed E-state index contributed by atoms with van der Waals surface area (Å²) < 4.78 is 0. The van der Waals surface area contributed by atoms with E-state index in [0.29, 0.717) is 0 Å². The Balaban J connectivity index is 1.97. The highest BCUT2D eigenvalue weighted by Gasteiger charge is 2.16. The molecule has 0 fully saturated rings. The molecule has 1 heterocycles. The number of aromatic nitrogens is 1. The molecule has 3 heteroatoms. The van der Waals surface area contributed by atoms with E-state index in [-0.39, 0.29) is 5.41 Å². The number of hydrogen-bond acceptors (Lipinski definition) is 2. The summed E-state index contributed by atoms with van der Waals surface area (Å²) in [6.07, 6.45) is 3.25. The van der Waals surface area contributed by atoms with Gasteiger partial charge in [-0.2, -0.15) is 0 Å². The van der Waals surface area contributed by atoms with Crippen molar-refractivity contribution in [2.24, 2.45) is 11.1 Å². The number of aromatic amines is 1. The zero-order valence-corrected chi connectivity index (χ0v) is 12.2. The monoisotopic (exact) mass is 259 g/mol. The van der Waals surface area contributed by atoms with Gasteiger partial charge in [0.05, 0.1) is 0 Å². The molecule has 104 valence electrons. The minimum absolute atomic E-state index is 0.231. The van der Waals surface area contributed by atoms with Gasteiger partial charge in [-0.25, -0.2) is 0 Å². The Labute approximate surface area is 115 Å². The molecule has 3 nitrogen and oxygen atoms in total. The summed E-state index contributed by atoms with van der Waals surface area (Å²) in [7, 11) is 2.17. The molecule has 1 aromatic carbocycles. The van der Waals surface area contributed by atoms with Gasteiger partial charge in [-0.3, -0.25) is 0 Å². The Kier molecular flexibility index (Phi) is 4.27. The summed E-state index contributed by atoms with van der Waals surface area (Å²) in [4.78, 5) is 5.70. The average molecular weight is 259 g/mol. The molecular formula is C16H25N3. The molecule has 0 unspecified atom stereocenters. The first kappa shape index (κ1) is 14.1. The molecule has 2 rings (SSSR count). The highest BCUT2D eigenvalue weighted by atomic mass is 15.1. The van der Waals surface area contributed by atoms with Crippen LogP contribution in [0.15, 0.2) is 30.5 Å². The van der Waals surface area contributed by atoms with Crippen molar-refractivity contribution >= 4 is 10.9 Å². The lowest BCUT2D eigenvalue weighted by Gasteiger charge is -2.25. The fourth-order valence-electron chi connectivity index (χ4n) is 2.23. The largest absolute Gasteiger partial charge is 0.361 e. The summed E-state index contributed by atoms with van der Waals surface area (Å²) in [5, 5.41) is 1.33. The topological polar surface area (TPSA) is 45.0 Å². The first-order valence-electron chi connectivity index (χ1n) is 6.95. The van der Waals surface area contributed by atoms with E-state index in [1.54, 1.807) is 0 Å². The minimum Gasteiger partial charge on any atom is -0.361 e. The summed E-state index contributed by atoms with van der Waals surface area (Å²) >= 11 is 0. The minimum atomic E-state index is 0.231. The molecule has 0 saturated carbocycles. The second-order valence-electron chi connectivity index (χ2n) is 6.22. The van der Waals surface area contributed by atoms with Crippen molar-refractivity contribution in [1.82, 2.24) is 9.88 Å². The number of nitrogens with two attached hydrogens (primary N) is 1. The molecule has 0 radical (unpaired) electrons. The molecule has 0 atom stereocenters. The van der Waals surface area contributed by atoms with Crippen molar-refractivity contribution in [3.8, 4) is 0 Å². The van der Waals surface area contributed by atoms with Gasteiger partial charge in [0, 0.05) is 23.6 Å². The lowest BCUT2D eigenvalue weighted by Crippen LogP contribution is -2.29. The molecule has 0 aliphatic rings. The Hall–Kier alpha value is -1.32. The van der Waals surface area contributed by atoms with Crippen LogP contribution in [0.5, 0.6) is 0 Å². The number of nitrogens with one attached hydrogen (secondary N) is 1. The van der Waals surface area contributed by atoms with Gasteiger partial charge in [-0.15, -0.1) is 0 Å². The van der Waals surface area contributed by atoms with E-state index >= 15 is 0 Å². The van der Waals surface area contributed by atoms with Crippen LogP contribution >= 0.6 is 0 Å². The SMILES string of the molecule is CN(CCC(C)(C)CN)Cc1c[nH]c2ccccc12. The first-order valence-corrected chi connectivity index (χ1v) is 6.95. The third-order valence-electron chi connectivity index (χ3n) is 3.84. The normalized spacial score (nSPS) is 12.5. The predicted octanol–water partition coefficient (Wildman–Crippen LogP) is 2.97. The number of rotatable bonds is 6. The van der Waals surface area contributed by atoms with Crippen LogP contribution in [-0.2, 0) is 6.54 Å². The van der Waals surface area contributed by atoms with Gasteiger partial charge in [-0.1, -0.05) is 32.0 Å². The Morgan fingerprint density at radius 3 is 2.74 bits per heavy atom. The highest BCUT2D eigenvalue weighted by Crippen LogP contribution is 2.21. The Bertz CT molecular complexity index is 528. The van der Waals surface area contributed by atoms with Crippen LogP contribution in [0.1, 0.15) is 25.8 Å². The van der Waals surface area contributed by atoms with Gasteiger partial charge >= 0.3 is 0 Å². The molecule has 3 N–H and O–H groups in total. The number of hydrogen-bond donors (Lipinski definition) is 2. The van der Waals surface area contributed by atoms with E-state index in [4.69, 9.17) is 5.73 Å². The summed E-state index contributed by atoms with van der Waals surface area (Å²) in [5.41, 5.74) is 8.59. The van der Waals surface area contributed by atoms with E-state index in [0.717, 1.165) is 26.1 Å². The molecule has 0 aliphatic carbocycles. The predicted molar refractivity (Wildman–Crippen MR) is 82.1 cm³/mol. The van der Waals surface area contributed by atoms with Crippen LogP contribution in [0.3, 0.4) is 0 Å². The molecule has 0 spiro atoms. The highest BCUT2D eigenvalue weighted by molar-refractivity contribution is 5.82. The summed E-state index contributed by atoms with van der Waals surface area (Å²) in [5.74, 6) is 0. The second kappa shape index (κ2) is 5.76. The Morgan fingerprint density at radius 2 is 2.00 bits per heavy atom. The maximum atomic E-state index is 5.78. The smallest absolute Gasteiger partial charge is 0.0457 e. The van der Waals surface area contributed by atoms with Crippen LogP contribution in [-0.4, -0.2) is 30.0 Å². The van der Waals surface area contributed by atoms with E-state index in [9.17, 15) is 0 Å². The first-order chi connectivity index (χ1) is 9.02. The quantitative estimate of drug-likeness (QED) is 0.837. The molecule has 2 aromatic rings. The fraction of sp³-hybridized carbons (Fsp3) is 0.500. The van der Waals surface area contributed by atoms with E-state index in [1.807, 2.05) is 0 Å². The molecular weight excluding hydrogens is 234 g/mol. The van der Waals surface area contributed by atoms with Gasteiger partial charge in [0.2, 0.25) is 0 Å². The molecule has 0 saturated heterocycles. The zero-order chi connectivity index (χ0) is 13.9. The zero-order valence-electron chi connectivity index (χ0n) is 12.2. The van der Waals surface area contributed by atoms with E-state index in [1.165, 1.54) is 16.5 Å². The van der Waals surface area contributed by atoms with Crippen molar-refractivity contribution in [3.05, 3.63) is 36.0 Å². The maximum absolute atomic E-state index is 5.78. The molecule has 1 aromatic heterocycles. The lowest BCUT2D eigenvalue weighted by atomic mass is 9.89. The van der Waals surface area contributed by atoms with Crippen LogP contribution in [0, 0.1) is 5.41 Å². The summed E-state index contributed by atoms with van der Waals surface area (Å²) in [6.45, 7) is 7.25.